The largest absolute Gasteiger partial charge is 0.453 e. The molecule has 176 valence electrons. The van der Waals surface area contributed by atoms with Gasteiger partial charge in [0.05, 0.1) is 11.4 Å². The topological polar surface area (TPSA) is 66.1 Å². The number of Topliss-reactive ketones (excluding diaryl/α,β-unsaturated/α-hetero) is 1. The maximum absolute atomic E-state index is 13.0. The number of rotatable bonds is 6. The van der Waals surface area contributed by atoms with Gasteiger partial charge >= 0.3 is 5.97 Å². The summed E-state index contributed by atoms with van der Waals surface area (Å²) in [7, 11) is 0. The first-order valence-electron chi connectivity index (χ1n) is 11.3. The summed E-state index contributed by atoms with van der Waals surface area (Å²) >= 11 is 1.31. The number of benzene rings is 2. The quantitative estimate of drug-likeness (QED) is 0.215. The van der Waals surface area contributed by atoms with E-state index in [1.807, 2.05) is 97.6 Å². The van der Waals surface area contributed by atoms with Gasteiger partial charge in [-0.25, -0.2) is 9.48 Å². The zero-order valence-corrected chi connectivity index (χ0v) is 20.8. The second kappa shape index (κ2) is 9.00. The summed E-state index contributed by atoms with van der Waals surface area (Å²) in [6.45, 7) is 7.52. The molecule has 0 fully saturated rings. The second-order valence-electron chi connectivity index (χ2n) is 8.62. The van der Waals surface area contributed by atoms with Gasteiger partial charge in [-0.15, -0.1) is 11.3 Å². The molecular weight excluding hydrogens is 458 g/mol. The lowest BCUT2D eigenvalue weighted by Gasteiger charge is -2.10. The monoisotopic (exact) mass is 483 g/mol. The van der Waals surface area contributed by atoms with Crippen LogP contribution in [0.3, 0.4) is 0 Å². The van der Waals surface area contributed by atoms with E-state index in [4.69, 9.17) is 4.74 Å². The van der Waals surface area contributed by atoms with Crippen molar-refractivity contribution in [1.29, 1.82) is 0 Å². The molecular formula is C28H25N3O3S. The zero-order valence-electron chi connectivity index (χ0n) is 20.0. The number of fused-ring (bicyclic) bond motifs is 1. The first-order valence-corrected chi connectivity index (χ1v) is 12.2. The van der Waals surface area contributed by atoms with E-state index < -0.39 is 5.97 Å². The van der Waals surface area contributed by atoms with Crippen LogP contribution >= 0.6 is 11.3 Å². The van der Waals surface area contributed by atoms with E-state index in [-0.39, 0.29) is 12.4 Å². The van der Waals surface area contributed by atoms with Crippen molar-refractivity contribution in [2.75, 3.05) is 6.61 Å². The first kappa shape index (κ1) is 22.8. The molecule has 0 unspecified atom stereocenters. The number of ketones is 1. The highest BCUT2D eigenvalue weighted by atomic mass is 32.1. The molecule has 5 aromatic rings. The summed E-state index contributed by atoms with van der Waals surface area (Å²) < 4.78 is 9.31. The van der Waals surface area contributed by atoms with Gasteiger partial charge in [-0.2, -0.15) is 5.10 Å². The number of esters is 1. The Hall–Kier alpha value is -3.97. The van der Waals surface area contributed by atoms with Crippen LogP contribution < -0.4 is 0 Å². The number of thiophene rings is 1. The maximum atomic E-state index is 13.0. The van der Waals surface area contributed by atoms with Gasteiger partial charge in [0.25, 0.3) is 0 Å². The molecule has 5 rings (SSSR count). The predicted molar refractivity (Wildman–Crippen MR) is 138 cm³/mol. The van der Waals surface area contributed by atoms with Gasteiger partial charge in [-0.05, 0) is 64.1 Å². The highest BCUT2D eigenvalue weighted by molar-refractivity contribution is 7.20. The predicted octanol–water partition coefficient (Wildman–Crippen LogP) is 6.15. The SMILES string of the molecule is Cc1ccc(-n2c(C)cc(C(=O)COC(=O)c3cc4c(C)nn(-c5ccccc5)c4s3)c2C)cc1. The standard InChI is InChI=1S/C28H25N3O3S/c1-17-10-12-21(13-11-17)30-18(2)14-24(20(30)4)25(32)16-34-28(33)26-15-23-19(3)29-31(27(23)35-26)22-8-6-5-7-9-22/h5-15H,16H2,1-4H3. The minimum Gasteiger partial charge on any atom is -0.453 e. The van der Waals surface area contributed by atoms with E-state index in [2.05, 4.69) is 5.10 Å². The third-order valence-corrected chi connectivity index (χ3v) is 7.20. The minimum absolute atomic E-state index is 0.224. The Morgan fingerprint density at radius 1 is 0.914 bits per heavy atom. The number of ether oxygens (including phenoxy) is 1. The Morgan fingerprint density at radius 3 is 2.34 bits per heavy atom. The molecule has 0 aliphatic heterocycles. The number of carbonyl (C=O) groups is 2. The van der Waals surface area contributed by atoms with Crippen molar-refractivity contribution in [3.63, 3.8) is 0 Å². The van der Waals surface area contributed by atoms with Crippen molar-refractivity contribution >= 4 is 33.3 Å². The lowest BCUT2D eigenvalue weighted by molar-refractivity contribution is 0.0479. The van der Waals surface area contributed by atoms with Gasteiger partial charge in [0, 0.05) is 28.0 Å². The smallest absolute Gasteiger partial charge is 0.348 e. The number of hydrogen-bond donors (Lipinski definition) is 0. The van der Waals surface area contributed by atoms with E-state index in [0.29, 0.717) is 10.4 Å². The Balaban J connectivity index is 1.34. The molecule has 0 saturated carbocycles. The Labute approximate surface area is 207 Å². The van der Waals surface area contributed by atoms with E-state index >= 15 is 0 Å². The molecule has 7 heteroatoms. The van der Waals surface area contributed by atoms with Crippen LogP contribution in [0.25, 0.3) is 21.6 Å². The van der Waals surface area contributed by atoms with Gasteiger partial charge in [-0.3, -0.25) is 4.79 Å². The zero-order chi connectivity index (χ0) is 24.7. The number of nitrogens with zero attached hydrogens (tertiary/aromatic N) is 3. The molecule has 0 aliphatic carbocycles. The van der Waals surface area contributed by atoms with Crippen LogP contribution in [0, 0.1) is 27.7 Å². The summed E-state index contributed by atoms with van der Waals surface area (Å²) in [6, 6.07) is 21.6. The van der Waals surface area contributed by atoms with E-state index in [1.54, 1.807) is 6.07 Å². The van der Waals surface area contributed by atoms with Crippen LogP contribution in [0.2, 0.25) is 0 Å². The number of carbonyl (C=O) groups excluding carboxylic acids is 2. The fourth-order valence-electron chi connectivity index (χ4n) is 4.31. The van der Waals surface area contributed by atoms with Crippen LogP contribution in [0.4, 0.5) is 0 Å². The molecule has 35 heavy (non-hydrogen) atoms. The van der Waals surface area contributed by atoms with Crippen molar-refractivity contribution in [2.24, 2.45) is 0 Å². The summed E-state index contributed by atoms with van der Waals surface area (Å²) in [5.41, 5.74) is 6.26. The van der Waals surface area contributed by atoms with Crippen molar-refractivity contribution in [3.8, 4) is 11.4 Å². The summed E-state index contributed by atoms with van der Waals surface area (Å²) in [6.07, 6.45) is 0. The molecule has 6 nitrogen and oxygen atoms in total. The fraction of sp³-hybridized carbons (Fsp3) is 0.179. The molecule has 3 heterocycles. The third-order valence-electron chi connectivity index (χ3n) is 6.10. The molecule has 2 aromatic carbocycles. The number of hydrogen-bond acceptors (Lipinski definition) is 5. The summed E-state index contributed by atoms with van der Waals surface area (Å²) in [5, 5.41) is 5.50. The van der Waals surface area contributed by atoms with E-state index in [1.165, 1.54) is 16.9 Å². The van der Waals surface area contributed by atoms with E-state index in [0.717, 1.165) is 38.7 Å². The van der Waals surface area contributed by atoms with Crippen LogP contribution in [0.1, 0.15) is 42.7 Å². The van der Waals surface area contributed by atoms with Crippen molar-refractivity contribution in [2.45, 2.75) is 27.7 Å². The first-order chi connectivity index (χ1) is 16.8. The average Bonchev–Trinajstić information content (AvgIpc) is 3.51. The fourth-order valence-corrected chi connectivity index (χ4v) is 5.38. The molecule has 0 atom stereocenters. The van der Waals surface area contributed by atoms with Crippen molar-refractivity contribution in [3.05, 3.63) is 99.8 Å². The third kappa shape index (κ3) is 4.19. The minimum atomic E-state index is -0.508. The van der Waals surface area contributed by atoms with Gasteiger partial charge in [0.15, 0.2) is 6.61 Å². The second-order valence-corrected chi connectivity index (χ2v) is 9.65. The molecule has 0 radical (unpaired) electrons. The number of aromatic nitrogens is 3. The van der Waals surface area contributed by atoms with Gasteiger partial charge in [0.2, 0.25) is 5.78 Å². The van der Waals surface area contributed by atoms with E-state index in [9.17, 15) is 9.59 Å². The van der Waals surface area contributed by atoms with Crippen LogP contribution in [0.15, 0.2) is 66.7 Å². The molecule has 0 amide bonds. The number of aryl methyl sites for hydroxylation is 3. The maximum Gasteiger partial charge on any atom is 0.348 e. The normalized spacial score (nSPS) is 11.2. The molecule has 3 aromatic heterocycles. The lowest BCUT2D eigenvalue weighted by atomic mass is 10.1. The highest BCUT2D eigenvalue weighted by Crippen LogP contribution is 2.31. The van der Waals surface area contributed by atoms with Crippen LogP contribution in [0.5, 0.6) is 0 Å². The average molecular weight is 484 g/mol. The van der Waals surface area contributed by atoms with Crippen molar-refractivity contribution in [1.82, 2.24) is 14.3 Å². The Kier molecular flexibility index (Phi) is 5.86. The molecule has 0 bridgehead atoms. The Bertz CT molecular complexity index is 1560. The lowest BCUT2D eigenvalue weighted by Crippen LogP contribution is -2.14. The Morgan fingerprint density at radius 2 is 1.63 bits per heavy atom. The molecule has 0 N–H and O–H groups in total. The van der Waals surface area contributed by atoms with Crippen LogP contribution in [-0.2, 0) is 4.74 Å². The molecule has 0 saturated heterocycles. The number of para-hydroxylation sites is 1. The van der Waals surface area contributed by atoms with Crippen LogP contribution in [-0.4, -0.2) is 32.7 Å². The van der Waals surface area contributed by atoms with Gasteiger partial charge in [0.1, 0.15) is 9.71 Å². The van der Waals surface area contributed by atoms with Gasteiger partial charge in [-0.1, -0.05) is 35.9 Å². The summed E-state index contributed by atoms with van der Waals surface area (Å²) in [4.78, 5) is 27.1. The summed E-state index contributed by atoms with van der Waals surface area (Å²) in [5.74, 6) is -0.733. The highest BCUT2D eigenvalue weighted by Gasteiger charge is 2.21. The van der Waals surface area contributed by atoms with Crippen molar-refractivity contribution < 1.29 is 14.3 Å². The van der Waals surface area contributed by atoms with Gasteiger partial charge < -0.3 is 9.30 Å². The molecule has 0 aliphatic rings. The molecule has 0 spiro atoms.